The number of hydrogen-bond acceptors (Lipinski definition) is 3. The van der Waals surface area contributed by atoms with E-state index in [-0.39, 0.29) is 11.9 Å². The van der Waals surface area contributed by atoms with Crippen LogP contribution in [0.4, 0.5) is 0 Å². The van der Waals surface area contributed by atoms with Crippen LogP contribution in [0.1, 0.15) is 47.6 Å². The molecule has 3 rings (SSSR count). The monoisotopic (exact) mass is 396 g/mol. The number of nitrogens with zero attached hydrogens (tertiary/aromatic N) is 1. The highest BCUT2D eigenvalue weighted by Gasteiger charge is 2.23. The van der Waals surface area contributed by atoms with Gasteiger partial charge < -0.3 is 5.32 Å². The molecule has 1 aromatic carbocycles. The Labute approximate surface area is 162 Å². The lowest BCUT2D eigenvalue weighted by atomic mass is 10.1. The number of hydrogen-bond donors (Lipinski definition) is 1. The van der Waals surface area contributed by atoms with E-state index >= 15 is 0 Å². The van der Waals surface area contributed by atoms with Crippen molar-refractivity contribution in [3.8, 4) is 0 Å². The lowest BCUT2D eigenvalue weighted by molar-refractivity contribution is 0.0933. The summed E-state index contributed by atoms with van der Waals surface area (Å²) in [7, 11) is 0. The lowest BCUT2D eigenvalue weighted by Crippen LogP contribution is -2.38. The van der Waals surface area contributed by atoms with E-state index in [0.29, 0.717) is 22.2 Å². The molecule has 1 aliphatic heterocycles. The Bertz CT molecular complexity index is 697. The van der Waals surface area contributed by atoms with Crippen LogP contribution < -0.4 is 5.32 Å². The van der Waals surface area contributed by atoms with Crippen molar-refractivity contribution in [1.82, 2.24) is 10.2 Å². The Balaban J connectivity index is 1.72. The predicted octanol–water partition coefficient (Wildman–Crippen LogP) is 5.40. The van der Waals surface area contributed by atoms with Gasteiger partial charge in [-0.1, -0.05) is 36.0 Å². The number of halogens is 2. The number of carbonyl (C=O) groups excluding carboxylic acids is 1. The molecular weight excluding hydrogens is 375 g/mol. The summed E-state index contributed by atoms with van der Waals surface area (Å²) in [6.07, 6.45) is 5.01. The minimum Gasteiger partial charge on any atom is -0.350 e. The first-order valence-electron chi connectivity index (χ1n) is 8.64. The molecule has 3 nitrogen and oxygen atoms in total. The summed E-state index contributed by atoms with van der Waals surface area (Å²) in [5.74, 6) is -0.178. The number of amides is 1. The molecule has 0 spiro atoms. The van der Waals surface area contributed by atoms with Crippen molar-refractivity contribution < 1.29 is 4.79 Å². The maximum atomic E-state index is 12.6. The van der Waals surface area contributed by atoms with Crippen LogP contribution >= 0.6 is 34.5 Å². The molecule has 1 amide bonds. The van der Waals surface area contributed by atoms with Gasteiger partial charge in [0.25, 0.3) is 5.91 Å². The zero-order valence-corrected chi connectivity index (χ0v) is 16.3. The normalized spacial score (nSPS) is 17.0. The van der Waals surface area contributed by atoms with E-state index in [4.69, 9.17) is 23.2 Å². The van der Waals surface area contributed by atoms with Gasteiger partial charge in [-0.2, -0.15) is 11.3 Å². The van der Waals surface area contributed by atoms with Crippen LogP contribution in [0.15, 0.2) is 35.0 Å². The molecule has 0 aliphatic carbocycles. The van der Waals surface area contributed by atoms with Crippen LogP contribution in [-0.2, 0) is 0 Å². The fraction of sp³-hybridized carbons (Fsp3) is 0.421. The highest BCUT2D eigenvalue weighted by molar-refractivity contribution is 7.08. The fourth-order valence-corrected chi connectivity index (χ4v) is 4.37. The first-order valence-corrected chi connectivity index (χ1v) is 10.3. The zero-order chi connectivity index (χ0) is 17.6. The summed E-state index contributed by atoms with van der Waals surface area (Å²) >= 11 is 13.8. The van der Waals surface area contributed by atoms with E-state index in [9.17, 15) is 4.79 Å². The second kappa shape index (κ2) is 9.04. The number of carbonyl (C=O) groups is 1. The first-order chi connectivity index (χ1) is 12.1. The molecule has 1 atom stereocenters. The van der Waals surface area contributed by atoms with Crippen molar-refractivity contribution in [3.05, 3.63) is 56.2 Å². The second-order valence-corrected chi connectivity index (χ2v) is 7.98. The van der Waals surface area contributed by atoms with Crippen molar-refractivity contribution in [2.45, 2.75) is 31.7 Å². The number of benzene rings is 1. The minimum absolute atomic E-state index is 0.178. The van der Waals surface area contributed by atoms with E-state index in [1.807, 2.05) is 0 Å². The smallest absolute Gasteiger partial charge is 0.252 e. The summed E-state index contributed by atoms with van der Waals surface area (Å²) in [6.45, 7) is 2.72. The van der Waals surface area contributed by atoms with E-state index in [1.165, 1.54) is 31.2 Å². The Kier molecular flexibility index (Phi) is 6.77. The van der Waals surface area contributed by atoms with Gasteiger partial charge in [0.05, 0.1) is 16.6 Å². The van der Waals surface area contributed by atoms with Gasteiger partial charge in [0.2, 0.25) is 0 Å². The van der Waals surface area contributed by atoms with Gasteiger partial charge >= 0.3 is 0 Å². The Hall–Kier alpha value is -1.07. The highest BCUT2D eigenvalue weighted by atomic mass is 35.5. The number of rotatable bonds is 5. The van der Waals surface area contributed by atoms with Crippen LogP contribution in [0.3, 0.4) is 0 Å². The molecule has 2 aromatic rings. The average molecular weight is 397 g/mol. The quantitative estimate of drug-likeness (QED) is 0.733. The molecule has 25 heavy (non-hydrogen) atoms. The van der Waals surface area contributed by atoms with E-state index < -0.39 is 0 Å². The first kappa shape index (κ1) is 18.7. The van der Waals surface area contributed by atoms with Gasteiger partial charge in [-0.15, -0.1) is 0 Å². The van der Waals surface area contributed by atoms with Gasteiger partial charge in [-0.05, 0) is 66.5 Å². The second-order valence-electron chi connectivity index (χ2n) is 6.36. The summed E-state index contributed by atoms with van der Waals surface area (Å²) < 4.78 is 0. The fourth-order valence-electron chi connectivity index (χ4n) is 3.29. The molecule has 6 heteroatoms. The van der Waals surface area contributed by atoms with Crippen molar-refractivity contribution >= 4 is 40.4 Å². The van der Waals surface area contributed by atoms with Crippen molar-refractivity contribution in [3.63, 3.8) is 0 Å². The Morgan fingerprint density at radius 3 is 2.60 bits per heavy atom. The third-order valence-electron chi connectivity index (χ3n) is 4.64. The maximum absolute atomic E-state index is 12.6. The van der Waals surface area contributed by atoms with Crippen LogP contribution in [0, 0.1) is 0 Å². The third-order valence-corrected chi connectivity index (χ3v) is 5.90. The van der Waals surface area contributed by atoms with Crippen LogP contribution in [0.5, 0.6) is 0 Å². The van der Waals surface area contributed by atoms with Crippen molar-refractivity contribution in [2.75, 3.05) is 19.6 Å². The summed E-state index contributed by atoms with van der Waals surface area (Å²) in [6, 6.07) is 7.31. The highest BCUT2D eigenvalue weighted by Crippen LogP contribution is 2.26. The molecule has 1 N–H and O–H groups in total. The molecule has 1 fully saturated rings. The molecule has 134 valence electrons. The van der Waals surface area contributed by atoms with Gasteiger partial charge in [0.15, 0.2) is 0 Å². The van der Waals surface area contributed by atoms with E-state index in [1.54, 1.807) is 29.5 Å². The van der Waals surface area contributed by atoms with Gasteiger partial charge in [0, 0.05) is 11.6 Å². The number of thiophene rings is 1. The molecule has 2 heterocycles. The summed E-state index contributed by atoms with van der Waals surface area (Å²) in [5, 5.41) is 8.25. The van der Waals surface area contributed by atoms with Crippen LogP contribution in [0.25, 0.3) is 0 Å². The molecule has 1 aliphatic rings. The van der Waals surface area contributed by atoms with Gasteiger partial charge in [-0.25, -0.2) is 0 Å². The van der Waals surface area contributed by atoms with Crippen LogP contribution in [-0.4, -0.2) is 30.4 Å². The minimum atomic E-state index is -0.178. The average Bonchev–Trinajstić information content (AvgIpc) is 3.00. The predicted molar refractivity (Wildman–Crippen MR) is 106 cm³/mol. The largest absolute Gasteiger partial charge is 0.350 e. The Morgan fingerprint density at radius 1 is 1.16 bits per heavy atom. The molecular formula is C19H22Cl2N2OS. The lowest BCUT2D eigenvalue weighted by Gasteiger charge is -2.30. The number of nitrogens with one attached hydrogen (secondary N) is 1. The molecule has 1 saturated heterocycles. The Morgan fingerprint density at radius 2 is 1.92 bits per heavy atom. The third kappa shape index (κ3) is 4.98. The number of likely N-dealkylation sites (tertiary alicyclic amines) is 1. The molecule has 1 unspecified atom stereocenters. The SMILES string of the molecule is O=C(NCC(c1ccsc1)N1CCCCCC1)c1cc(Cl)ccc1Cl. The van der Waals surface area contributed by atoms with E-state index in [2.05, 4.69) is 27.0 Å². The molecule has 0 bridgehead atoms. The van der Waals surface area contributed by atoms with Crippen molar-refractivity contribution in [1.29, 1.82) is 0 Å². The van der Waals surface area contributed by atoms with Crippen LogP contribution in [0.2, 0.25) is 10.0 Å². The summed E-state index contributed by atoms with van der Waals surface area (Å²) in [4.78, 5) is 15.1. The van der Waals surface area contributed by atoms with Gasteiger partial charge in [0.1, 0.15) is 0 Å². The zero-order valence-electron chi connectivity index (χ0n) is 14.0. The van der Waals surface area contributed by atoms with Crippen molar-refractivity contribution in [2.24, 2.45) is 0 Å². The standard InChI is InChI=1S/C19H22Cl2N2OS/c20-15-5-6-17(21)16(11-15)19(24)22-12-18(14-7-10-25-13-14)23-8-3-1-2-4-9-23/h5-7,10-11,13,18H,1-4,8-9,12H2,(H,22,24). The van der Waals surface area contributed by atoms with Gasteiger partial charge in [-0.3, -0.25) is 9.69 Å². The van der Waals surface area contributed by atoms with E-state index in [0.717, 1.165) is 13.1 Å². The topological polar surface area (TPSA) is 32.3 Å². The molecule has 1 aromatic heterocycles. The molecule has 0 radical (unpaired) electrons. The summed E-state index contributed by atoms with van der Waals surface area (Å²) in [5.41, 5.74) is 1.69. The molecule has 0 saturated carbocycles. The maximum Gasteiger partial charge on any atom is 0.252 e.